The zero-order valence-electron chi connectivity index (χ0n) is 17.4. The summed E-state index contributed by atoms with van der Waals surface area (Å²) >= 11 is 7.10. The Balaban J connectivity index is 1.58. The van der Waals surface area contributed by atoms with E-state index >= 15 is 0 Å². The van der Waals surface area contributed by atoms with E-state index in [2.05, 4.69) is 10.3 Å². The molecule has 0 bridgehead atoms. The molecule has 3 rings (SSSR count). The van der Waals surface area contributed by atoms with Crippen molar-refractivity contribution in [2.45, 2.75) is 23.9 Å². The van der Waals surface area contributed by atoms with E-state index in [9.17, 15) is 22.8 Å². The van der Waals surface area contributed by atoms with Gasteiger partial charge in [0.05, 0.1) is 10.6 Å². The lowest BCUT2D eigenvalue weighted by molar-refractivity contribution is -0.137. The summed E-state index contributed by atoms with van der Waals surface area (Å²) in [5, 5.41) is 2.70. The molecular formula is C21H22ClF3N4O2S. The van der Waals surface area contributed by atoms with E-state index in [4.69, 9.17) is 11.6 Å². The first-order chi connectivity index (χ1) is 15.0. The highest BCUT2D eigenvalue weighted by molar-refractivity contribution is 8.13. The van der Waals surface area contributed by atoms with Gasteiger partial charge in [0, 0.05) is 49.9 Å². The van der Waals surface area contributed by atoms with Gasteiger partial charge in [-0.05, 0) is 48.9 Å². The summed E-state index contributed by atoms with van der Waals surface area (Å²) in [4.78, 5) is 32.4. The highest BCUT2D eigenvalue weighted by atomic mass is 35.5. The molecule has 0 radical (unpaired) electrons. The van der Waals surface area contributed by atoms with Gasteiger partial charge in [-0.25, -0.2) is 4.98 Å². The van der Waals surface area contributed by atoms with Gasteiger partial charge >= 0.3 is 6.18 Å². The van der Waals surface area contributed by atoms with Crippen LogP contribution in [0.3, 0.4) is 0 Å². The Bertz CT molecular complexity index is 995. The Hall–Kier alpha value is -2.46. The number of nitrogens with zero attached hydrogens (tertiary/aromatic N) is 3. The minimum atomic E-state index is -4.50. The van der Waals surface area contributed by atoms with Crippen LogP contribution in [0.2, 0.25) is 5.02 Å². The quantitative estimate of drug-likeness (QED) is 0.587. The number of rotatable bonds is 4. The van der Waals surface area contributed by atoms with Crippen LogP contribution in [0.15, 0.2) is 41.4 Å². The first kappa shape index (κ1) is 24.2. The van der Waals surface area contributed by atoms with E-state index in [1.807, 2.05) is 0 Å². The number of anilines is 2. The average molecular weight is 487 g/mol. The second-order valence-electron chi connectivity index (χ2n) is 7.57. The maximum absolute atomic E-state index is 12.8. The fourth-order valence-corrected chi connectivity index (χ4v) is 4.25. The van der Waals surface area contributed by atoms with Gasteiger partial charge < -0.3 is 15.1 Å². The van der Waals surface area contributed by atoms with Crippen molar-refractivity contribution in [1.29, 1.82) is 0 Å². The van der Waals surface area contributed by atoms with Crippen LogP contribution in [0.25, 0.3) is 0 Å². The summed E-state index contributed by atoms with van der Waals surface area (Å²) < 4.78 is 38.4. The number of piperidine rings is 1. The molecule has 0 unspecified atom stereocenters. The first-order valence-electron chi connectivity index (χ1n) is 9.82. The molecule has 32 heavy (non-hydrogen) atoms. The predicted octanol–water partition coefficient (Wildman–Crippen LogP) is 5.38. The smallest absolute Gasteiger partial charge is 0.355 e. The van der Waals surface area contributed by atoms with Crippen LogP contribution in [-0.2, 0) is 11.0 Å². The molecule has 2 amide bonds. The normalized spacial score (nSPS) is 14.9. The van der Waals surface area contributed by atoms with Gasteiger partial charge in [-0.2, -0.15) is 13.2 Å². The highest BCUT2D eigenvalue weighted by Crippen LogP contribution is 2.35. The molecule has 1 aliphatic rings. The van der Waals surface area contributed by atoms with Crippen LogP contribution in [-0.4, -0.2) is 48.2 Å². The monoisotopic (exact) mass is 486 g/mol. The maximum atomic E-state index is 12.8. The van der Waals surface area contributed by atoms with Gasteiger partial charge in [0.15, 0.2) is 0 Å². The molecule has 0 spiro atoms. The van der Waals surface area contributed by atoms with E-state index in [-0.39, 0.29) is 27.9 Å². The molecule has 0 saturated carbocycles. The molecule has 1 aliphatic heterocycles. The lowest BCUT2D eigenvalue weighted by Crippen LogP contribution is -2.38. The zero-order valence-corrected chi connectivity index (χ0v) is 19.0. The van der Waals surface area contributed by atoms with Crippen molar-refractivity contribution in [3.8, 4) is 0 Å². The van der Waals surface area contributed by atoms with Crippen molar-refractivity contribution in [3.63, 3.8) is 0 Å². The molecule has 172 valence electrons. The Morgan fingerprint density at radius 2 is 1.91 bits per heavy atom. The summed E-state index contributed by atoms with van der Waals surface area (Å²) in [5.74, 6) is -0.106. The van der Waals surface area contributed by atoms with Gasteiger partial charge in [-0.15, -0.1) is 0 Å². The van der Waals surface area contributed by atoms with Crippen LogP contribution in [0.5, 0.6) is 0 Å². The Labute approximate surface area is 193 Å². The average Bonchev–Trinajstić information content (AvgIpc) is 2.73. The lowest BCUT2D eigenvalue weighted by atomic mass is 9.95. The third-order valence-electron chi connectivity index (χ3n) is 4.99. The maximum Gasteiger partial charge on any atom is 0.417 e. The number of hydrogen-bond acceptors (Lipinski definition) is 5. The number of pyridine rings is 1. The second-order valence-corrected chi connectivity index (χ2v) is 9.00. The van der Waals surface area contributed by atoms with Crippen molar-refractivity contribution < 1.29 is 22.8 Å². The Morgan fingerprint density at radius 1 is 1.22 bits per heavy atom. The van der Waals surface area contributed by atoms with Gasteiger partial charge in [-0.3, -0.25) is 9.59 Å². The third kappa shape index (κ3) is 6.07. The fourth-order valence-electron chi connectivity index (χ4n) is 3.25. The molecule has 2 heterocycles. The predicted molar refractivity (Wildman–Crippen MR) is 119 cm³/mol. The number of carbonyl (C=O) groups excluding carboxylic acids is 2. The van der Waals surface area contributed by atoms with Gasteiger partial charge in [0.1, 0.15) is 5.82 Å². The van der Waals surface area contributed by atoms with E-state index in [1.165, 1.54) is 4.90 Å². The van der Waals surface area contributed by atoms with Crippen molar-refractivity contribution in [2.75, 3.05) is 37.4 Å². The number of alkyl halides is 3. The lowest BCUT2D eigenvalue weighted by Gasteiger charge is -2.32. The van der Waals surface area contributed by atoms with Gasteiger partial charge in [0.25, 0.3) is 5.24 Å². The molecule has 1 saturated heterocycles. The van der Waals surface area contributed by atoms with Crippen molar-refractivity contribution >= 4 is 46.0 Å². The molecule has 1 N–H and O–H groups in total. The van der Waals surface area contributed by atoms with Crippen LogP contribution in [0.4, 0.5) is 29.5 Å². The minimum absolute atomic E-state index is 0.0655. The highest BCUT2D eigenvalue weighted by Gasteiger charge is 2.33. The molecule has 2 aromatic rings. The first-order valence-corrected chi connectivity index (χ1v) is 11.0. The fraction of sp³-hybridized carbons (Fsp3) is 0.381. The molecule has 1 aromatic carbocycles. The number of nitrogens with one attached hydrogen (secondary N) is 1. The van der Waals surface area contributed by atoms with Gasteiger partial charge in [0.2, 0.25) is 5.91 Å². The Morgan fingerprint density at radius 3 is 2.50 bits per heavy atom. The molecular weight excluding hydrogens is 465 g/mol. The minimum Gasteiger partial charge on any atom is -0.355 e. The topological polar surface area (TPSA) is 65.5 Å². The summed E-state index contributed by atoms with van der Waals surface area (Å²) in [6.45, 7) is 0.896. The molecule has 1 fully saturated rings. The number of aromatic nitrogens is 1. The number of thioether (sulfide) groups is 1. The number of hydrogen-bond donors (Lipinski definition) is 1. The summed E-state index contributed by atoms with van der Waals surface area (Å²) in [5.41, 5.74) is -0.297. The second kappa shape index (κ2) is 9.99. The Kier molecular flexibility index (Phi) is 7.55. The SMILES string of the molecule is CN(C)C(=O)Sc1cccc(NC(=O)C2CCN(c3ncc(C(F)(F)F)cc3Cl)CC2)c1. The zero-order chi connectivity index (χ0) is 23.5. The van der Waals surface area contributed by atoms with Crippen LogP contribution in [0, 0.1) is 5.92 Å². The van der Waals surface area contributed by atoms with E-state index in [0.717, 1.165) is 28.9 Å². The number of carbonyl (C=O) groups is 2. The number of amides is 2. The summed E-state index contributed by atoms with van der Waals surface area (Å²) in [6.07, 6.45) is -2.71. The van der Waals surface area contributed by atoms with Crippen LogP contribution < -0.4 is 10.2 Å². The van der Waals surface area contributed by atoms with Crippen LogP contribution in [0.1, 0.15) is 18.4 Å². The molecule has 1 aromatic heterocycles. The summed E-state index contributed by atoms with van der Waals surface area (Å²) in [6, 6.07) is 7.92. The van der Waals surface area contributed by atoms with Crippen molar-refractivity contribution in [1.82, 2.24) is 9.88 Å². The largest absolute Gasteiger partial charge is 0.417 e. The van der Waals surface area contributed by atoms with E-state index in [1.54, 1.807) is 43.3 Å². The van der Waals surface area contributed by atoms with Crippen LogP contribution >= 0.6 is 23.4 Å². The van der Waals surface area contributed by atoms with Crippen molar-refractivity contribution in [2.24, 2.45) is 5.92 Å². The third-order valence-corrected chi connectivity index (χ3v) is 6.29. The molecule has 11 heteroatoms. The summed E-state index contributed by atoms with van der Waals surface area (Å²) in [7, 11) is 3.33. The molecule has 0 aliphatic carbocycles. The van der Waals surface area contributed by atoms with Gasteiger partial charge in [-0.1, -0.05) is 17.7 Å². The standard InChI is InChI=1S/C21H22ClF3N4O2S/c1-28(2)20(31)32-16-5-3-4-15(11-16)27-19(30)13-6-8-29(9-7-13)18-17(22)10-14(12-26-18)21(23,24)25/h3-5,10-13H,6-9H2,1-2H3,(H,27,30). The number of halogens is 4. The van der Waals surface area contributed by atoms with E-state index < -0.39 is 11.7 Å². The number of benzene rings is 1. The molecule has 6 nitrogen and oxygen atoms in total. The molecule has 0 atom stereocenters. The van der Waals surface area contributed by atoms with Crippen molar-refractivity contribution in [3.05, 3.63) is 47.1 Å². The van der Waals surface area contributed by atoms with E-state index in [0.29, 0.717) is 31.6 Å².